The van der Waals surface area contributed by atoms with E-state index in [1.807, 2.05) is 24.3 Å². The highest BCUT2D eigenvalue weighted by molar-refractivity contribution is 5.77. The molecular formula is C14H18N4O2. The number of carbonyl (C=O) groups excluding carboxylic acids is 1. The lowest BCUT2D eigenvalue weighted by atomic mass is 10.1. The van der Waals surface area contributed by atoms with Gasteiger partial charge in [0.2, 0.25) is 5.91 Å². The number of amides is 1. The molecule has 6 nitrogen and oxygen atoms in total. The molecule has 1 aliphatic rings. The molecule has 0 spiro atoms. The number of hydrogen-bond acceptors (Lipinski definition) is 4. The first-order chi connectivity index (χ1) is 9.81. The van der Waals surface area contributed by atoms with Crippen molar-refractivity contribution >= 4 is 16.9 Å². The Morgan fingerprint density at radius 3 is 2.70 bits per heavy atom. The summed E-state index contributed by atoms with van der Waals surface area (Å²) in [5.41, 5.74) is 1.60. The van der Waals surface area contributed by atoms with E-state index in [0.717, 1.165) is 30.5 Å². The quantitative estimate of drug-likeness (QED) is 0.907. The highest BCUT2D eigenvalue weighted by Gasteiger charge is 2.15. The molecule has 3 rings (SSSR count). The zero-order valence-corrected chi connectivity index (χ0v) is 11.3. The van der Waals surface area contributed by atoms with Crippen LogP contribution >= 0.6 is 0 Å². The third-order valence-electron chi connectivity index (χ3n) is 3.41. The molecule has 2 heterocycles. The van der Waals surface area contributed by atoms with Crippen molar-refractivity contribution in [2.45, 2.75) is 31.9 Å². The van der Waals surface area contributed by atoms with Crippen molar-refractivity contribution in [3.05, 3.63) is 24.3 Å². The summed E-state index contributed by atoms with van der Waals surface area (Å²) < 4.78 is 5.57. The lowest BCUT2D eigenvalue weighted by Crippen LogP contribution is -2.37. The van der Waals surface area contributed by atoms with Crippen LogP contribution in [0, 0.1) is 0 Å². The number of benzene rings is 1. The molecule has 106 valence electrons. The van der Waals surface area contributed by atoms with Crippen molar-refractivity contribution in [3.63, 3.8) is 0 Å². The van der Waals surface area contributed by atoms with Gasteiger partial charge in [-0.15, -0.1) is 0 Å². The van der Waals surface area contributed by atoms with Gasteiger partial charge in [-0.05, 0) is 31.4 Å². The van der Waals surface area contributed by atoms with E-state index in [-0.39, 0.29) is 18.6 Å². The van der Waals surface area contributed by atoms with E-state index in [2.05, 4.69) is 15.5 Å². The summed E-state index contributed by atoms with van der Waals surface area (Å²) in [6, 6.07) is 7.57. The second-order valence-corrected chi connectivity index (χ2v) is 5.01. The van der Waals surface area contributed by atoms with Crippen molar-refractivity contribution in [3.8, 4) is 0 Å². The van der Waals surface area contributed by atoms with Gasteiger partial charge in [-0.25, -0.2) is 0 Å². The summed E-state index contributed by atoms with van der Waals surface area (Å²) in [4.78, 5) is 13.3. The van der Waals surface area contributed by atoms with E-state index in [0.29, 0.717) is 6.54 Å². The van der Waals surface area contributed by atoms with Gasteiger partial charge >= 0.3 is 0 Å². The molecule has 1 N–H and O–H groups in total. The molecule has 1 atom stereocenters. The molecule has 1 fully saturated rings. The average Bonchev–Trinajstić information content (AvgIpc) is 2.88. The maximum Gasteiger partial charge on any atom is 0.243 e. The van der Waals surface area contributed by atoms with Crippen LogP contribution < -0.4 is 5.32 Å². The van der Waals surface area contributed by atoms with Crippen molar-refractivity contribution in [1.82, 2.24) is 20.3 Å². The number of aromatic nitrogens is 3. The van der Waals surface area contributed by atoms with E-state index in [1.54, 1.807) is 0 Å². The summed E-state index contributed by atoms with van der Waals surface area (Å²) in [6.45, 7) is 1.51. The Hall–Kier alpha value is -1.95. The first kappa shape index (κ1) is 13.1. The fourth-order valence-electron chi connectivity index (χ4n) is 2.36. The second kappa shape index (κ2) is 6.00. The molecule has 0 bridgehead atoms. The maximum atomic E-state index is 11.9. The lowest BCUT2D eigenvalue weighted by Gasteiger charge is -2.22. The molecule has 20 heavy (non-hydrogen) atoms. The van der Waals surface area contributed by atoms with E-state index in [1.165, 1.54) is 11.2 Å². The summed E-state index contributed by atoms with van der Waals surface area (Å²) in [7, 11) is 0. The van der Waals surface area contributed by atoms with Gasteiger partial charge in [-0.1, -0.05) is 12.1 Å². The first-order valence-electron chi connectivity index (χ1n) is 6.99. The minimum Gasteiger partial charge on any atom is -0.376 e. The molecule has 0 saturated carbocycles. The highest BCUT2D eigenvalue weighted by atomic mass is 16.5. The molecule has 6 heteroatoms. The smallest absolute Gasteiger partial charge is 0.243 e. The van der Waals surface area contributed by atoms with Gasteiger partial charge in [0.1, 0.15) is 17.6 Å². The molecule has 2 aromatic rings. The van der Waals surface area contributed by atoms with Crippen LogP contribution in [-0.2, 0) is 16.1 Å². The molecule has 0 aliphatic carbocycles. The van der Waals surface area contributed by atoms with E-state index in [4.69, 9.17) is 4.74 Å². The Bertz CT molecular complexity index is 557. The van der Waals surface area contributed by atoms with Gasteiger partial charge in [0.25, 0.3) is 0 Å². The van der Waals surface area contributed by atoms with Crippen LogP contribution in [0.2, 0.25) is 0 Å². The number of fused-ring (bicyclic) bond motifs is 1. The van der Waals surface area contributed by atoms with Crippen molar-refractivity contribution in [2.24, 2.45) is 0 Å². The Balaban J connectivity index is 1.52. The minimum atomic E-state index is -0.0838. The number of nitrogens with one attached hydrogen (secondary N) is 1. The number of carbonyl (C=O) groups is 1. The molecule has 1 amide bonds. The predicted molar refractivity (Wildman–Crippen MR) is 74.1 cm³/mol. The fraction of sp³-hybridized carbons (Fsp3) is 0.500. The number of hydrogen-bond donors (Lipinski definition) is 1. The molecule has 1 aliphatic heterocycles. The minimum absolute atomic E-state index is 0.0838. The average molecular weight is 274 g/mol. The third-order valence-corrected chi connectivity index (χ3v) is 3.41. The third kappa shape index (κ3) is 3.14. The van der Waals surface area contributed by atoms with Crippen LogP contribution in [0.4, 0.5) is 0 Å². The van der Waals surface area contributed by atoms with Crippen LogP contribution in [0.1, 0.15) is 19.3 Å². The fourth-order valence-corrected chi connectivity index (χ4v) is 2.36. The van der Waals surface area contributed by atoms with Crippen molar-refractivity contribution < 1.29 is 9.53 Å². The monoisotopic (exact) mass is 274 g/mol. The molecule has 1 saturated heterocycles. The summed E-state index contributed by atoms with van der Waals surface area (Å²) in [6.07, 6.45) is 3.46. The predicted octanol–water partition coefficient (Wildman–Crippen LogP) is 1.12. The zero-order chi connectivity index (χ0) is 13.8. The van der Waals surface area contributed by atoms with Crippen LogP contribution in [0.5, 0.6) is 0 Å². The topological polar surface area (TPSA) is 69.0 Å². The molecule has 0 unspecified atom stereocenters. The Kier molecular flexibility index (Phi) is 3.92. The zero-order valence-electron chi connectivity index (χ0n) is 11.3. The number of rotatable bonds is 4. The van der Waals surface area contributed by atoms with Crippen LogP contribution in [-0.4, -0.2) is 40.2 Å². The van der Waals surface area contributed by atoms with Crippen LogP contribution in [0.15, 0.2) is 24.3 Å². The van der Waals surface area contributed by atoms with Crippen LogP contribution in [0.25, 0.3) is 11.0 Å². The Morgan fingerprint density at radius 2 is 2.05 bits per heavy atom. The van der Waals surface area contributed by atoms with Gasteiger partial charge in [0, 0.05) is 13.2 Å². The maximum absolute atomic E-state index is 11.9. The van der Waals surface area contributed by atoms with Gasteiger partial charge in [-0.2, -0.15) is 15.0 Å². The molecule has 0 radical (unpaired) electrons. The number of nitrogens with zero attached hydrogens (tertiary/aromatic N) is 3. The Morgan fingerprint density at radius 1 is 1.30 bits per heavy atom. The first-order valence-corrected chi connectivity index (χ1v) is 6.99. The van der Waals surface area contributed by atoms with Crippen molar-refractivity contribution in [1.29, 1.82) is 0 Å². The van der Waals surface area contributed by atoms with Crippen molar-refractivity contribution in [2.75, 3.05) is 13.2 Å². The summed E-state index contributed by atoms with van der Waals surface area (Å²) >= 11 is 0. The Labute approximate surface area is 117 Å². The lowest BCUT2D eigenvalue weighted by molar-refractivity contribution is -0.123. The number of ether oxygens (including phenoxy) is 1. The molecular weight excluding hydrogens is 256 g/mol. The molecule has 1 aromatic heterocycles. The van der Waals surface area contributed by atoms with E-state index >= 15 is 0 Å². The largest absolute Gasteiger partial charge is 0.376 e. The van der Waals surface area contributed by atoms with Gasteiger partial charge < -0.3 is 10.1 Å². The molecule has 1 aromatic carbocycles. The van der Waals surface area contributed by atoms with Gasteiger partial charge in [-0.3, -0.25) is 4.79 Å². The summed E-state index contributed by atoms with van der Waals surface area (Å²) in [5.74, 6) is -0.0838. The van der Waals surface area contributed by atoms with E-state index < -0.39 is 0 Å². The summed E-state index contributed by atoms with van der Waals surface area (Å²) in [5, 5.41) is 11.4. The standard InChI is InChI=1S/C14H18N4O2/c19-14(15-9-11-5-3-4-8-20-11)10-18-16-12-6-1-2-7-13(12)17-18/h1-2,6-7,11H,3-5,8-10H2,(H,15,19)/t11-/m1/s1. The highest BCUT2D eigenvalue weighted by Crippen LogP contribution is 2.11. The van der Waals surface area contributed by atoms with E-state index in [9.17, 15) is 4.79 Å². The second-order valence-electron chi connectivity index (χ2n) is 5.01. The van der Waals surface area contributed by atoms with Gasteiger partial charge in [0.05, 0.1) is 6.10 Å². The SMILES string of the molecule is O=C(Cn1nc2ccccc2n1)NC[C@H]1CCCCO1. The van der Waals surface area contributed by atoms with Crippen LogP contribution in [0.3, 0.4) is 0 Å². The normalized spacial score (nSPS) is 19.1. The van der Waals surface area contributed by atoms with Gasteiger partial charge in [0.15, 0.2) is 0 Å².